The van der Waals surface area contributed by atoms with Crippen LogP contribution in [0.5, 0.6) is 0 Å². The van der Waals surface area contributed by atoms with E-state index in [1.807, 2.05) is 0 Å². The highest BCUT2D eigenvalue weighted by molar-refractivity contribution is 5.74. The molecule has 0 unspecified atom stereocenters. The summed E-state index contributed by atoms with van der Waals surface area (Å²) in [7, 11) is 0. The first-order chi connectivity index (χ1) is 27.0. The van der Waals surface area contributed by atoms with Gasteiger partial charge in [0.25, 0.3) is 0 Å². The molecule has 0 heterocycles. The van der Waals surface area contributed by atoms with E-state index in [9.17, 15) is 14.4 Å². The summed E-state index contributed by atoms with van der Waals surface area (Å²) in [6.45, 7) is 12.3. The van der Waals surface area contributed by atoms with Gasteiger partial charge in [-0.2, -0.15) is 0 Å². The van der Waals surface area contributed by atoms with E-state index in [2.05, 4.69) is 57.6 Å². The molecule has 0 aliphatic rings. The summed E-state index contributed by atoms with van der Waals surface area (Å²) in [5.74, 6) is 0. The monoisotopic (exact) mass is 780 g/mol. The molecule has 0 saturated heterocycles. The molecule has 0 aliphatic heterocycles. The zero-order valence-electron chi connectivity index (χ0n) is 36.7. The van der Waals surface area contributed by atoms with Crippen LogP contribution in [0, 0.1) is 0 Å². The van der Waals surface area contributed by atoms with Crippen LogP contribution in [0.15, 0.2) is 0 Å². The van der Waals surface area contributed by atoms with Gasteiger partial charge in [-0.3, -0.25) is 4.90 Å². The molecule has 0 saturated carbocycles. The summed E-state index contributed by atoms with van der Waals surface area (Å²) in [6.07, 6.45) is 38.3. The Balaban J connectivity index is 4.28. The Morgan fingerprint density at radius 1 is 0.273 bits per heavy atom. The number of urea groups is 3. The minimum absolute atomic E-state index is 0.134. The van der Waals surface area contributed by atoms with E-state index < -0.39 is 0 Å². The second kappa shape index (κ2) is 44.5. The molecule has 0 aromatic rings. The van der Waals surface area contributed by atoms with Crippen LogP contribution >= 0.6 is 0 Å². The molecule has 326 valence electrons. The van der Waals surface area contributed by atoms with E-state index in [1.165, 1.54) is 154 Å². The summed E-state index contributed by atoms with van der Waals surface area (Å²) in [6, 6.07) is -0.403. The maximum absolute atomic E-state index is 12.4. The van der Waals surface area contributed by atoms with E-state index in [1.54, 1.807) is 0 Å². The van der Waals surface area contributed by atoms with Crippen LogP contribution in [-0.4, -0.2) is 81.9 Å². The molecule has 0 rings (SSSR count). The lowest BCUT2D eigenvalue weighted by molar-refractivity contribution is 0.228. The van der Waals surface area contributed by atoms with Crippen LogP contribution in [-0.2, 0) is 0 Å². The second-order valence-electron chi connectivity index (χ2n) is 15.9. The number of hydrogen-bond acceptors (Lipinski definition) is 4. The molecular weight excluding hydrogens is 687 g/mol. The molecule has 6 N–H and O–H groups in total. The molecular formula is C45H93N7O3. The molecule has 0 spiro atoms. The molecule has 0 aromatic carbocycles. The van der Waals surface area contributed by atoms with E-state index in [4.69, 9.17) is 0 Å². The van der Waals surface area contributed by atoms with Crippen LogP contribution < -0.4 is 31.9 Å². The van der Waals surface area contributed by atoms with Crippen molar-refractivity contribution in [2.45, 2.75) is 213 Å². The topological polar surface area (TPSA) is 127 Å². The fraction of sp³-hybridized carbons (Fsp3) is 0.933. The van der Waals surface area contributed by atoms with Crippen molar-refractivity contribution < 1.29 is 14.4 Å². The maximum Gasteiger partial charge on any atom is 0.314 e. The Morgan fingerprint density at radius 2 is 0.455 bits per heavy atom. The quantitative estimate of drug-likeness (QED) is 0.0345. The molecule has 10 heteroatoms. The van der Waals surface area contributed by atoms with Gasteiger partial charge in [0.1, 0.15) is 0 Å². The van der Waals surface area contributed by atoms with Gasteiger partial charge in [-0.15, -0.1) is 0 Å². The summed E-state index contributed by atoms with van der Waals surface area (Å²) in [5.41, 5.74) is 0. The highest BCUT2D eigenvalue weighted by atomic mass is 16.2. The Morgan fingerprint density at radius 3 is 0.673 bits per heavy atom. The Kier molecular flexibility index (Phi) is 42.7. The van der Waals surface area contributed by atoms with Crippen molar-refractivity contribution in [2.75, 3.05) is 58.9 Å². The molecule has 0 aliphatic carbocycles. The van der Waals surface area contributed by atoms with Gasteiger partial charge in [-0.1, -0.05) is 194 Å². The average Bonchev–Trinajstić information content (AvgIpc) is 3.18. The summed E-state index contributed by atoms with van der Waals surface area (Å²) < 4.78 is 0. The molecule has 0 bridgehead atoms. The second-order valence-corrected chi connectivity index (χ2v) is 15.9. The molecule has 0 atom stereocenters. The van der Waals surface area contributed by atoms with E-state index in [-0.39, 0.29) is 18.1 Å². The van der Waals surface area contributed by atoms with Gasteiger partial charge < -0.3 is 31.9 Å². The van der Waals surface area contributed by atoms with Crippen molar-refractivity contribution in [3.63, 3.8) is 0 Å². The zero-order valence-corrected chi connectivity index (χ0v) is 36.7. The number of amides is 6. The predicted molar refractivity (Wildman–Crippen MR) is 236 cm³/mol. The highest BCUT2D eigenvalue weighted by Gasteiger charge is 2.09. The number of hydrogen-bond donors (Lipinski definition) is 6. The molecule has 0 fully saturated rings. The van der Waals surface area contributed by atoms with Gasteiger partial charge >= 0.3 is 18.1 Å². The van der Waals surface area contributed by atoms with Crippen LogP contribution in [0.4, 0.5) is 14.4 Å². The van der Waals surface area contributed by atoms with Crippen LogP contribution in [0.3, 0.4) is 0 Å². The van der Waals surface area contributed by atoms with Gasteiger partial charge in [-0.25, -0.2) is 14.4 Å². The minimum atomic E-state index is -0.134. The van der Waals surface area contributed by atoms with E-state index in [0.717, 1.165) is 38.5 Å². The first-order valence-corrected chi connectivity index (χ1v) is 23.8. The summed E-state index contributed by atoms with van der Waals surface area (Å²) in [5, 5.41) is 17.9. The number of nitrogens with zero attached hydrogens (tertiary/aromatic N) is 1. The number of rotatable bonds is 42. The van der Waals surface area contributed by atoms with Crippen LogP contribution in [0.2, 0.25) is 0 Å². The average molecular weight is 780 g/mol. The lowest BCUT2D eigenvalue weighted by atomic mass is 10.1. The number of unbranched alkanes of at least 4 members (excludes halogenated alkanes) is 27. The lowest BCUT2D eigenvalue weighted by Gasteiger charge is -2.23. The van der Waals surface area contributed by atoms with Crippen molar-refractivity contribution in [3.8, 4) is 0 Å². The van der Waals surface area contributed by atoms with Gasteiger partial charge in [-0.05, 0) is 19.3 Å². The van der Waals surface area contributed by atoms with Crippen LogP contribution in [0.1, 0.15) is 213 Å². The third-order valence-corrected chi connectivity index (χ3v) is 10.6. The third-order valence-electron chi connectivity index (χ3n) is 10.6. The molecule has 6 amide bonds. The minimum Gasteiger partial charge on any atom is -0.338 e. The fourth-order valence-electron chi connectivity index (χ4n) is 6.95. The molecule has 55 heavy (non-hydrogen) atoms. The van der Waals surface area contributed by atoms with Gasteiger partial charge in [0.2, 0.25) is 0 Å². The number of nitrogens with one attached hydrogen (secondary N) is 6. The van der Waals surface area contributed by atoms with Crippen molar-refractivity contribution >= 4 is 18.1 Å². The Hall–Kier alpha value is -2.23. The molecule has 0 aromatic heterocycles. The smallest absolute Gasteiger partial charge is 0.314 e. The Labute approximate surface area is 340 Å². The van der Waals surface area contributed by atoms with E-state index >= 15 is 0 Å². The van der Waals surface area contributed by atoms with Crippen molar-refractivity contribution in [1.82, 2.24) is 36.8 Å². The first kappa shape index (κ1) is 52.8. The van der Waals surface area contributed by atoms with Crippen molar-refractivity contribution in [1.29, 1.82) is 0 Å². The SMILES string of the molecule is CCCCCCCCCCCCNC(=O)NCCN(CCNC(=O)NCCCCCCCCCCCC)CCNC(=O)NCCCCCCCCCCCC. The molecule has 0 radical (unpaired) electrons. The summed E-state index contributed by atoms with van der Waals surface area (Å²) >= 11 is 0. The normalized spacial score (nSPS) is 11.1. The lowest BCUT2D eigenvalue weighted by Crippen LogP contribution is -2.46. The molecule has 10 nitrogen and oxygen atoms in total. The predicted octanol–water partition coefficient (Wildman–Crippen LogP) is 10.9. The number of carbonyl (C=O) groups is 3. The van der Waals surface area contributed by atoms with Crippen molar-refractivity contribution in [2.24, 2.45) is 0 Å². The van der Waals surface area contributed by atoms with Gasteiger partial charge in [0, 0.05) is 58.9 Å². The Bertz CT molecular complexity index is 728. The largest absolute Gasteiger partial charge is 0.338 e. The van der Waals surface area contributed by atoms with E-state index in [0.29, 0.717) is 58.9 Å². The van der Waals surface area contributed by atoms with Crippen LogP contribution in [0.25, 0.3) is 0 Å². The summed E-state index contributed by atoms with van der Waals surface area (Å²) in [4.78, 5) is 39.4. The fourth-order valence-corrected chi connectivity index (χ4v) is 6.95. The third kappa shape index (κ3) is 42.7. The van der Waals surface area contributed by atoms with Crippen molar-refractivity contribution in [3.05, 3.63) is 0 Å². The first-order valence-electron chi connectivity index (χ1n) is 23.8. The zero-order chi connectivity index (χ0) is 40.1. The highest BCUT2D eigenvalue weighted by Crippen LogP contribution is 2.12. The maximum atomic E-state index is 12.4. The van der Waals surface area contributed by atoms with Gasteiger partial charge in [0.15, 0.2) is 0 Å². The van der Waals surface area contributed by atoms with Gasteiger partial charge in [0.05, 0.1) is 0 Å². The standard InChI is InChI=1S/C45H93N7O3/c1-4-7-10-13-16-19-22-25-28-31-34-46-43(53)49-37-40-52(41-38-50-44(54)47-35-32-29-26-23-20-17-14-11-8-5-2)42-39-51-45(55)48-36-33-30-27-24-21-18-15-12-9-6-3/h4-42H2,1-3H3,(H2,46,49,53)(H2,47,50,54)(H2,48,51,55). The number of carbonyl (C=O) groups excluding carboxylic acids is 3.